The van der Waals surface area contributed by atoms with E-state index in [1.807, 2.05) is 6.92 Å². The van der Waals surface area contributed by atoms with Gasteiger partial charge >= 0.3 is 5.69 Å². The van der Waals surface area contributed by atoms with Gasteiger partial charge < -0.3 is 15.0 Å². The quantitative estimate of drug-likeness (QED) is 0.638. The molecule has 0 aromatic carbocycles. The molecule has 0 atom stereocenters. The van der Waals surface area contributed by atoms with Gasteiger partial charge in [0.25, 0.3) is 5.56 Å². The number of imidazole rings is 1. The van der Waals surface area contributed by atoms with E-state index >= 15 is 0 Å². The van der Waals surface area contributed by atoms with Gasteiger partial charge in [-0.1, -0.05) is 0 Å². The van der Waals surface area contributed by atoms with Crippen molar-refractivity contribution in [2.45, 2.75) is 13.5 Å². The van der Waals surface area contributed by atoms with Crippen LogP contribution >= 0.6 is 0 Å². The molecule has 0 aliphatic heterocycles. The molecule has 0 aliphatic carbocycles. The minimum absolute atomic E-state index is 0.0395. The number of hydrogen-bond donors (Lipinski definition) is 3. The van der Waals surface area contributed by atoms with Gasteiger partial charge in [0.1, 0.15) is 0 Å². The number of aryl methyl sites for hydroxylation is 2. The van der Waals surface area contributed by atoms with E-state index in [1.54, 1.807) is 11.6 Å². The standard InChI is InChI=1S/C10H15N5O3/c1-3-15-6-7(12-9(15)11-4-5-16)14(2)10(18)13-8(6)17/h16H,3-5H2,1-2H3,(H,11,12)(H,13,17,18). The number of aromatic amines is 1. The third kappa shape index (κ3) is 1.80. The Morgan fingerprint density at radius 3 is 2.78 bits per heavy atom. The van der Waals surface area contributed by atoms with Gasteiger partial charge in [-0.05, 0) is 6.92 Å². The lowest BCUT2D eigenvalue weighted by atomic mass is 10.5. The molecule has 0 fully saturated rings. The van der Waals surface area contributed by atoms with Crippen LogP contribution in [0.1, 0.15) is 6.92 Å². The number of H-pyrrole nitrogens is 1. The van der Waals surface area contributed by atoms with Crippen molar-refractivity contribution in [1.82, 2.24) is 19.1 Å². The van der Waals surface area contributed by atoms with E-state index in [1.165, 1.54) is 4.57 Å². The van der Waals surface area contributed by atoms with Crippen LogP contribution in [0.2, 0.25) is 0 Å². The summed E-state index contributed by atoms with van der Waals surface area (Å²) in [6.07, 6.45) is 0. The number of rotatable bonds is 4. The number of aliphatic hydroxyl groups is 1. The Morgan fingerprint density at radius 1 is 1.44 bits per heavy atom. The van der Waals surface area contributed by atoms with Gasteiger partial charge in [0.05, 0.1) is 6.61 Å². The molecule has 2 aromatic rings. The summed E-state index contributed by atoms with van der Waals surface area (Å²) < 4.78 is 2.95. The molecule has 0 saturated carbocycles. The molecule has 2 heterocycles. The fourth-order valence-corrected chi connectivity index (χ4v) is 1.85. The van der Waals surface area contributed by atoms with E-state index in [0.717, 1.165) is 0 Å². The average Bonchev–Trinajstić information content (AvgIpc) is 2.72. The van der Waals surface area contributed by atoms with Crippen LogP contribution in [0, 0.1) is 0 Å². The molecule has 18 heavy (non-hydrogen) atoms. The van der Waals surface area contributed by atoms with Gasteiger partial charge in [-0.2, -0.15) is 4.98 Å². The molecule has 0 radical (unpaired) electrons. The number of aromatic nitrogens is 4. The first kappa shape index (κ1) is 12.4. The third-order valence-electron chi connectivity index (χ3n) is 2.72. The highest BCUT2D eigenvalue weighted by molar-refractivity contribution is 5.74. The molecule has 98 valence electrons. The number of aliphatic hydroxyl groups excluding tert-OH is 1. The molecule has 8 heteroatoms. The number of anilines is 1. The summed E-state index contributed by atoms with van der Waals surface area (Å²) in [5.41, 5.74) is -0.285. The summed E-state index contributed by atoms with van der Waals surface area (Å²) in [5, 5.41) is 11.7. The molecule has 0 aliphatic rings. The van der Waals surface area contributed by atoms with Crippen LogP contribution in [0.4, 0.5) is 5.95 Å². The first-order valence-corrected chi connectivity index (χ1v) is 5.64. The summed E-state index contributed by atoms with van der Waals surface area (Å²) in [5.74, 6) is 0.466. The molecule has 0 amide bonds. The van der Waals surface area contributed by atoms with E-state index in [2.05, 4.69) is 15.3 Å². The first-order chi connectivity index (χ1) is 8.60. The van der Waals surface area contributed by atoms with Gasteiger partial charge in [-0.25, -0.2) is 4.79 Å². The Bertz CT molecular complexity index is 681. The van der Waals surface area contributed by atoms with Crippen LogP contribution in [0.5, 0.6) is 0 Å². The smallest absolute Gasteiger partial charge is 0.329 e. The molecular formula is C10H15N5O3. The largest absolute Gasteiger partial charge is 0.395 e. The Balaban J connectivity index is 2.76. The molecule has 0 saturated heterocycles. The number of nitrogens with one attached hydrogen (secondary N) is 2. The van der Waals surface area contributed by atoms with Gasteiger partial charge in [0, 0.05) is 20.1 Å². The number of hydrogen-bond acceptors (Lipinski definition) is 5. The second-order valence-electron chi connectivity index (χ2n) is 3.82. The second kappa shape index (κ2) is 4.65. The molecule has 0 bridgehead atoms. The molecule has 3 N–H and O–H groups in total. The zero-order valence-electron chi connectivity index (χ0n) is 10.2. The summed E-state index contributed by atoms with van der Waals surface area (Å²) >= 11 is 0. The normalized spacial score (nSPS) is 11.1. The van der Waals surface area contributed by atoms with Gasteiger partial charge in [-0.3, -0.25) is 14.3 Å². The van der Waals surface area contributed by atoms with Crippen LogP contribution in [0.25, 0.3) is 11.2 Å². The summed E-state index contributed by atoms with van der Waals surface area (Å²) in [6, 6.07) is 0. The monoisotopic (exact) mass is 253 g/mol. The van der Waals surface area contributed by atoms with Crippen LogP contribution < -0.4 is 16.6 Å². The van der Waals surface area contributed by atoms with Crippen molar-refractivity contribution >= 4 is 17.1 Å². The minimum atomic E-state index is -0.498. The van der Waals surface area contributed by atoms with Crippen LogP contribution in [-0.2, 0) is 13.6 Å². The first-order valence-electron chi connectivity index (χ1n) is 5.64. The summed E-state index contributed by atoms with van der Waals surface area (Å²) in [4.78, 5) is 29.8. The van der Waals surface area contributed by atoms with Gasteiger partial charge in [0.15, 0.2) is 11.2 Å². The maximum Gasteiger partial charge on any atom is 0.329 e. The third-order valence-corrected chi connectivity index (χ3v) is 2.72. The fourth-order valence-electron chi connectivity index (χ4n) is 1.85. The minimum Gasteiger partial charge on any atom is -0.395 e. The van der Waals surface area contributed by atoms with Crippen molar-refractivity contribution in [3.8, 4) is 0 Å². The summed E-state index contributed by atoms with van der Waals surface area (Å²) in [6.45, 7) is 2.69. The van der Waals surface area contributed by atoms with Crippen molar-refractivity contribution in [3.05, 3.63) is 20.8 Å². The van der Waals surface area contributed by atoms with Crippen molar-refractivity contribution in [3.63, 3.8) is 0 Å². The average molecular weight is 253 g/mol. The van der Waals surface area contributed by atoms with E-state index in [0.29, 0.717) is 30.2 Å². The lowest BCUT2D eigenvalue weighted by Crippen LogP contribution is -2.29. The predicted octanol–water partition coefficient (Wildman–Crippen LogP) is -1.15. The molecule has 8 nitrogen and oxygen atoms in total. The number of fused-ring (bicyclic) bond motifs is 1. The zero-order valence-corrected chi connectivity index (χ0v) is 10.2. The Morgan fingerprint density at radius 2 is 2.17 bits per heavy atom. The molecule has 2 aromatic heterocycles. The van der Waals surface area contributed by atoms with Crippen LogP contribution in [-0.4, -0.2) is 37.4 Å². The highest BCUT2D eigenvalue weighted by Gasteiger charge is 2.15. The maximum absolute atomic E-state index is 11.8. The van der Waals surface area contributed by atoms with E-state index < -0.39 is 11.2 Å². The van der Waals surface area contributed by atoms with Crippen LogP contribution in [0.15, 0.2) is 9.59 Å². The van der Waals surface area contributed by atoms with Crippen molar-refractivity contribution < 1.29 is 5.11 Å². The summed E-state index contributed by atoms with van der Waals surface area (Å²) in [7, 11) is 1.55. The van der Waals surface area contributed by atoms with Gasteiger partial charge in [0.2, 0.25) is 5.95 Å². The Kier molecular flexibility index (Phi) is 3.19. The topological polar surface area (TPSA) is 105 Å². The fraction of sp³-hybridized carbons (Fsp3) is 0.500. The molecule has 0 unspecified atom stereocenters. The lowest BCUT2D eigenvalue weighted by molar-refractivity contribution is 0.310. The SMILES string of the molecule is CCn1c(NCCO)nc2c1c(=O)[nH]c(=O)n2C. The lowest BCUT2D eigenvalue weighted by Gasteiger charge is -2.06. The maximum atomic E-state index is 11.8. The van der Waals surface area contributed by atoms with Crippen molar-refractivity contribution in [1.29, 1.82) is 0 Å². The van der Waals surface area contributed by atoms with E-state index in [4.69, 9.17) is 5.11 Å². The molecular weight excluding hydrogens is 238 g/mol. The van der Waals surface area contributed by atoms with Crippen molar-refractivity contribution in [2.24, 2.45) is 7.05 Å². The van der Waals surface area contributed by atoms with E-state index in [-0.39, 0.29) is 6.61 Å². The zero-order chi connectivity index (χ0) is 13.3. The predicted molar refractivity (Wildman–Crippen MR) is 66.8 cm³/mol. The van der Waals surface area contributed by atoms with E-state index in [9.17, 15) is 9.59 Å². The second-order valence-corrected chi connectivity index (χ2v) is 3.82. The van der Waals surface area contributed by atoms with Crippen LogP contribution in [0.3, 0.4) is 0 Å². The molecule has 2 rings (SSSR count). The van der Waals surface area contributed by atoms with Gasteiger partial charge in [-0.15, -0.1) is 0 Å². The number of nitrogens with zero attached hydrogens (tertiary/aromatic N) is 3. The highest BCUT2D eigenvalue weighted by Crippen LogP contribution is 2.14. The Hall–Kier alpha value is -2.09. The van der Waals surface area contributed by atoms with Crippen molar-refractivity contribution in [2.75, 3.05) is 18.5 Å². The Labute approximate surface area is 102 Å². The highest BCUT2D eigenvalue weighted by atomic mass is 16.3. The molecule has 0 spiro atoms.